The summed E-state index contributed by atoms with van der Waals surface area (Å²) in [6.45, 7) is 0. The minimum atomic E-state index is -1.29. The smallest absolute Gasteiger partial charge is 0.254 e. The molecule has 2 heterocycles. The Hall–Kier alpha value is -3.30. The van der Waals surface area contributed by atoms with Gasteiger partial charge in [-0.1, -0.05) is 12.1 Å². The Labute approximate surface area is 166 Å². The molecule has 0 atom stereocenters. The van der Waals surface area contributed by atoms with Gasteiger partial charge >= 0.3 is 0 Å². The molecule has 2 amide bonds. The van der Waals surface area contributed by atoms with Crippen LogP contribution in [-0.2, 0) is 5.54 Å². The molecule has 6 N–H and O–H groups in total. The minimum Gasteiger partial charge on any atom is -0.376 e. The summed E-state index contributed by atoms with van der Waals surface area (Å²) in [6.07, 6.45) is 6.08. The number of aromatic nitrogens is 3. The van der Waals surface area contributed by atoms with Crippen LogP contribution in [0.1, 0.15) is 52.0 Å². The van der Waals surface area contributed by atoms with Gasteiger partial charge in [0.05, 0.1) is 22.8 Å². The highest BCUT2D eigenvalue weighted by Crippen LogP contribution is 2.40. The number of benzene rings is 1. The van der Waals surface area contributed by atoms with E-state index in [1.165, 1.54) is 6.33 Å². The maximum atomic E-state index is 13.2. The van der Waals surface area contributed by atoms with Gasteiger partial charge in [0, 0.05) is 11.8 Å². The molecule has 0 unspecified atom stereocenters. The molecule has 9 nitrogen and oxygen atoms in total. The molecule has 0 saturated heterocycles. The van der Waals surface area contributed by atoms with E-state index >= 15 is 0 Å². The fourth-order valence-electron chi connectivity index (χ4n) is 3.90. The van der Waals surface area contributed by atoms with E-state index in [1.54, 1.807) is 41.2 Å². The van der Waals surface area contributed by atoms with Gasteiger partial charge < -0.3 is 21.9 Å². The zero-order valence-electron chi connectivity index (χ0n) is 15.7. The molecule has 1 saturated carbocycles. The summed E-state index contributed by atoms with van der Waals surface area (Å²) in [5.74, 6) is -0.843. The molecule has 0 bridgehead atoms. The Morgan fingerprint density at radius 2 is 1.93 bits per heavy atom. The number of carbonyl (C=O) groups is 2. The van der Waals surface area contributed by atoms with Gasteiger partial charge in [0.25, 0.3) is 5.91 Å². The number of carbonyl (C=O) groups excluding carboxylic acids is 2. The third kappa shape index (κ3) is 3.57. The molecule has 0 spiro atoms. The topological polar surface area (TPSA) is 149 Å². The highest BCUT2D eigenvalue weighted by atomic mass is 16.3. The van der Waals surface area contributed by atoms with Crippen molar-refractivity contribution in [2.24, 2.45) is 11.5 Å². The first-order valence-electron chi connectivity index (χ1n) is 9.31. The van der Waals surface area contributed by atoms with Crippen molar-refractivity contribution < 1.29 is 14.7 Å². The van der Waals surface area contributed by atoms with Crippen molar-refractivity contribution in [1.82, 2.24) is 19.9 Å². The van der Waals surface area contributed by atoms with Crippen LogP contribution in [0.15, 0.2) is 49.1 Å². The van der Waals surface area contributed by atoms with Crippen LogP contribution in [0.25, 0.3) is 5.52 Å². The molecular weight excluding hydrogens is 372 g/mol. The molecule has 4 rings (SSSR count). The number of amides is 2. The Morgan fingerprint density at radius 1 is 1.17 bits per heavy atom. The van der Waals surface area contributed by atoms with E-state index in [2.05, 4.69) is 15.4 Å². The average Bonchev–Trinajstić information content (AvgIpc) is 3.14. The zero-order valence-corrected chi connectivity index (χ0v) is 15.7. The number of nitrogens with one attached hydrogen (secondary N) is 1. The standard InChI is InChI=1S/C20H22N6O3/c21-17(27)13-2-1-3-14(10-13)19(5-7-20(22,29)8-6-19)25-18(28)15-4-9-26-16(15)11-23-12-24-26/h1-4,9-12,29H,5-8,22H2,(H2,21,27)(H,25,28). The normalized spacial score (nSPS) is 24.3. The predicted molar refractivity (Wildman–Crippen MR) is 105 cm³/mol. The number of nitrogens with two attached hydrogens (primary N) is 2. The van der Waals surface area contributed by atoms with E-state index in [4.69, 9.17) is 11.5 Å². The number of primary amides is 1. The fourth-order valence-corrected chi connectivity index (χ4v) is 3.90. The van der Waals surface area contributed by atoms with Gasteiger partial charge in [-0.3, -0.25) is 9.59 Å². The van der Waals surface area contributed by atoms with Gasteiger partial charge in [-0.25, -0.2) is 9.50 Å². The summed E-state index contributed by atoms with van der Waals surface area (Å²) in [5.41, 5.74) is 11.4. The summed E-state index contributed by atoms with van der Waals surface area (Å²) in [7, 11) is 0. The van der Waals surface area contributed by atoms with Crippen molar-refractivity contribution >= 4 is 17.3 Å². The van der Waals surface area contributed by atoms with Gasteiger partial charge in [-0.05, 0) is 49.4 Å². The van der Waals surface area contributed by atoms with E-state index in [-0.39, 0.29) is 5.91 Å². The van der Waals surface area contributed by atoms with Crippen LogP contribution in [0.3, 0.4) is 0 Å². The first-order chi connectivity index (χ1) is 13.8. The second kappa shape index (κ2) is 6.94. The van der Waals surface area contributed by atoms with Crippen molar-refractivity contribution in [3.8, 4) is 0 Å². The summed E-state index contributed by atoms with van der Waals surface area (Å²) >= 11 is 0. The van der Waals surface area contributed by atoms with E-state index in [9.17, 15) is 14.7 Å². The van der Waals surface area contributed by atoms with Crippen LogP contribution in [-0.4, -0.2) is 37.2 Å². The lowest BCUT2D eigenvalue weighted by atomic mass is 9.73. The Morgan fingerprint density at radius 3 is 2.66 bits per heavy atom. The first kappa shape index (κ1) is 19.0. The summed E-state index contributed by atoms with van der Waals surface area (Å²) in [6, 6.07) is 8.56. The van der Waals surface area contributed by atoms with Gasteiger partial charge in [0.2, 0.25) is 5.91 Å². The van der Waals surface area contributed by atoms with Crippen LogP contribution in [0.4, 0.5) is 0 Å². The Bertz CT molecular complexity index is 1080. The summed E-state index contributed by atoms with van der Waals surface area (Å²) in [5, 5.41) is 17.4. The second-order valence-corrected chi connectivity index (χ2v) is 7.55. The van der Waals surface area contributed by atoms with Crippen molar-refractivity contribution in [2.75, 3.05) is 0 Å². The highest BCUT2D eigenvalue weighted by molar-refractivity contribution is 6.01. The maximum Gasteiger partial charge on any atom is 0.254 e. The third-order valence-corrected chi connectivity index (χ3v) is 5.61. The minimum absolute atomic E-state index is 0.297. The van der Waals surface area contributed by atoms with Crippen molar-refractivity contribution in [3.63, 3.8) is 0 Å². The number of hydrogen-bond acceptors (Lipinski definition) is 6. The van der Waals surface area contributed by atoms with E-state index in [0.29, 0.717) is 42.3 Å². The van der Waals surface area contributed by atoms with Crippen LogP contribution in [0, 0.1) is 0 Å². The molecular formula is C20H22N6O3. The third-order valence-electron chi connectivity index (χ3n) is 5.61. The number of aliphatic hydroxyl groups is 1. The van der Waals surface area contributed by atoms with E-state index in [0.717, 1.165) is 5.56 Å². The van der Waals surface area contributed by atoms with Gasteiger partial charge in [0.15, 0.2) is 0 Å². The maximum absolute atomic E-state index is 13.2. The monoisotopic (exact) mass is 394 g/mol. The summed E-state index contributed by atoms with van der Waals surface area (Å²) < 4.78 is 1.57. The molecule has 0 radical (unpaired) electrons. The Balaban J connectivity index is 1.72. The molecule has 1 aliphatic carbocycles. The van der Waals surface area contributed by atoms with Crippen LogP contribution in [0.5, 0.6) is 0 Å². The van der Waals surface area contributed by atoms with Crippen LogP contribution < -0.4 is 16.8 Å². The van der Waals surface area contributed by atoms with Crippen molar-refractivity contribution in [3.05, 3.63) is 65.7 Å². The Kier molecular flexibility index (Phi) is 4.56. The van der Waals surface area contributed by atoms with Crippen molar-refractivity contribution in [2.45, 2.75) is 36.9 Å². The molecule has 9 heteroatoms. The molecule has 29 heavy (non-hydrogen) atoms. The van der Waals surface area contributed by atoms with Crippen molar-refractivity contribution in [1.29, 1.82) is 0 Å². The van der Waals surface area contributed by atoms with Gasteiger partial charge in [-0.2, -0.15) is 5.10 Å². The van der Waals surface area contributed by atoms with Crippen LogP contribution in [0.2, 0.25) is 0 Å². The lowest BCUT2D eigenvalue weighted by molar-refractivity contribution is -0.0165. The average molecular weight is 394 g/mol. The SMILES string of the molecule is NC(=O)c1cccc(C2(NC(=O)c3ccn4ncncc34)CCC(N)(O)CC2)c1. The summed E-state index contributed by atoms with van der Waals surface area (Å²) in [4.78, 5) is 28.8. The van der Waals surface area contributed by atoms with Gasteiger partial charge in [-0.15, -0.1) is 0 Å². The largest absolute Gasteiger partial charge is 0.376 e. The zero-order chi connectivity index (χ0) is 20.6. The molecule has 1 aromatic carbocycles. The number of hydrogen-bond donors (Lipinski definition) is 4. The fraction of sp³-hybridized carbons (Fsp3) is 0.300. The molecule has 0 aliphatic heterocycles. The molecule has 1 aliphatic rings. The highest BCUT2D eigenvalue weighted by Gasteiger charge is 2.42. The predicted octanol–water partition coefficient (Wildman–Crippen LogP) is 0.675. The quantitative estimate of drug-likeness (QED) is 0.478. The number of nitrogens with zero attached hydrogens (tertiary/aromatic N) is 3. The lowest BCUT2D eigenvalue weighted by Gasteiger charge is -2.43. The number of rotatable bonds is 4. The molecule has 3 aromatic rings. The van der Waals surface area contributed by atoms with E-state index < -0.39 is 17.2 Å². The lowest BCUT2D eigenvalue weighted by Crippen LogP contribution is -2.54. The molecule has 1 fully saturated rings. The molecule has 2 aromatic heterocycles. The number of fused-ring (bicyclic) bond motifs is 1. The van der Waals surface area contributed by atoms with Crippen LogP contribution >= 0.6 is 0 Å². The molecule has 150 valence electrons. The van der Waals surface area contributed by atoms with E-state index in [1.807, 2.05) is 6.07 Å². The second-order valence-electron chi connectivity index (χ2n) is 7.55. The van der Waals surface area contributed by atoms with Gasteiger partial charge in [0.1, 0.15) is 12.1 Å². The first-order valence-corrected chi connectivity index (χ1v) is 9.31.